The van der Waals surface area contributed by atoms with Crippen LogP contribution in [-0.2, 0) is 11.2 Å². The van der Waals surface area contributed by atoms with E-state index in [2.05, 4.69) is 10.6 Å². The number of amides is 2. The van der Waals surface area contributed by atoms with E-state index in [0.717, 1.165) is 11.1 Å². The van der Waals surface area contributed by atoms with E-state index in [0.29, 0.717) is 0 Å². The monoisotopic (exact) mass is 366 g/mol. The van der Waals surface area contributed by atoms with Gasteiger partial charge in [0.05, 0.1) is 12.0 Å². The molecule has 0 aliphatic rings. The van der Waals surface area contributed by atoms with E-state index in [1.807, 2.05) is 30.3 Å². The lowest BCUT2D eigenvalue weighted by atomic mass is 10.0. The Hall–Kier alpha value is -3.41. The van der Waals surface area contributed by atoms with Crippen LogP contribution in [0.15, 0.2) is 71.3 Å². The molecule has 0 saturated heterocycles. The number of aryl methyl sites for hydroxylation is 1. The van der Waals surface area contributed by atoms with Crippen molar-refractivity contribution < 1.29 is 18.4 Å². The van der Waals surface area contributed by atoms with Gasteiger partial charge in [0.1, 0.15) is 11.9 Å². The predicted octanol–water partition coefficient (Wildman–Crippen LogP) is 3.71. The largest absolute Gasteiger partial charge is 0.459 e. The zero-order valence-corrected chi connectivity index (χ0v) is 14.7. The van der Waals surface area contributed by atoms with Gasteiger partial charge in [-0.25, -0.2) is 4.39 Å². The van der Waals surface area contributed by atoms with Crippen LogP contribution in [0.1, 0.15) is 21.7 Å². The fraction of sp³-hybridized carbons (Fsp3) is 0.143. The number of rotatable bonds is 6. The molecule has 138 valence electrons. The van der Waals surface area contributed by atoms with Gasteiger partial charge in [0.15, 0.2) is 5.76 Å². The molecule has 3 rings (SSSR count). The van der Waals surface area contributed by atoms with Gasteiger partial charge in [0, 0.05) is 6.42 Å². The molecule has 6 heteroatoms. The maximum Gasteiger partial charge on any atom is 0.287 e. The molecule has 1 unspecified atom stereocenters. The van der Waals surface area contributed by atoms with E-state index in [1.165, 1.54) is 18.4 Å². The molecular weight excluding hydrogens is 347 g/mol. The highest BCUT2D eigenvalue weighted by atomic mass is 19.1. The summed E-state index contributed by atoms with van der Waals surface area (Å²) in [6.07, 6.45) is 1.63. The number of halogens is 1. The second-order valence-electron chi connectivity index (χ2n) is 6.17. The Balaban J connectivity index is 1.80. The van der Waals surface area contributed by atoms with Crippen LogP contribution in [0.4, 0.5) is 10.1 Å². The van der Waals surface area contributed by atoms with E-state index >= 15 is 0 Å². The number of benzene rings is 2. The molecule has 2 N–H and O–H groups in total. The topological polar surface area (TPSA) is 71.3 Å². The maximum absolute atomic E-state index is 14.0. The first kappa shape index (κ1) is 18.4. The summed E-state index contributed by atoms with van der Waals surface area (Å²) in [7, 11) is 0. The number of carbonyl (C=O) groups excluding carboxylic acids is 2. The van der Waals surface area contributed by atoms with Gasteiger partial charge in [-0.3, -0.25) is 9.59 Å². The molecular formula is C21H19FN2O3. The molecule has 3 aromatic rings. The fourth-order valence-electron chi connectivity index (χ4n) is 2.65. The first-order chi connectivity index (χ1) is 13.0. The summed E-state index contributed by atoms with van der Waals surface area (Å²) < 4.78 is 19.1. The van der Waals surface area contributed by atoms with E-state index in [-0.39, 0.29) is 17.9 Å². The third kappa shape index (κ3) is 4.82. The molecule has 27 heavy (non-hydrogen) atoms. The lowest BCUT2D eigenvalue weighted by molar-refractivity contribution is -0.118. The van der Waals surface area contributed by atoms with E-state index in [1.54, 1.807) is 25.1 Å². The van der Waals surface area contributed by atoms with Gasteiger partial charge in [-0.2, -0.15) is 0 Å². The SMILES string of the molecule is Cc1ccc(F)c(NC(=O)C(Cc2ccccc2)NC(=O)c2ccco2)c1. The summed E-state index contributed by atoms with van der Waals surface area (Å²) in [4.78, 5) is 25.1. The van der Waals surface area contributed by atoms with Crippen LogP contribution in [-0.4, -0.2) is 17.9 Å². The van der Waals surface area contributed by atoms with Crippen LogP contribution in [0.3, 0.4) is 0 Å². The molecule has 0 bridgehead atoms. The number of hydrogen-bond acceptors (Lipinski definition) is 3. The van der Waals surface area contributed by atoms with Crippen molar-refractivity contribution >= 4 is 17.5 Å². The third-order valence-corrected chi connectivity index (χ3v) is 4.03. The highest BCUT2D eigenvalue weighted by molar-refractivity contribution is 6.00. The maximum atomic E-state index is 14.0. The predicted molar refractivity (Wildman–Crippen MR) is 99.9 cm³/mol. The summed E-state index contributed by atoms with van der Waals surface area (Å²) in [5, 5.41) is 5.22. The fourth-order valence-corrected chi connectivity index (χ4v) is 2.65. The quantitative estimate of drug-likeness (QED) is 0.699. The Bertz CT molecular complexity index is 924. The summed E-state index contributed by atoms with van der Waals surface area (Å²) in [6, 6.07) is 15.9. The average molecular weight is 366 g/mol. The zero-order valence-electron chi connectivity index (χ0n) is 14.7. The van der Waals surface area contributed by atoms with Gasteiger partial charge >= 0.3 is 0 Å². The summed E-state index contributed by atoms with van der Waals surface area (Å²) in [5.74, 6) is -1.46. The number of nitrogens with one attached hydrogen (secondary N) is 2. The number of anilines is 1. The van der Waals surface area contributed by atoms with Crippen molar-refractivity contribution in [2.24, 2.45) is 0 Å². The van der Waals surface area contributed by atoms with Crippen molar-refractivity contribution in [2.45, 2.75) is 19.4 Å². The van der Waals surface area contributed by atoms with Gasteiger partial charge in [0.25, 0.3) is 5.91 Å². The molecule has 2 aromatic carbocycles. The molecule has 0 spiro atoms. The Labute approximate surface area is 156 Å². The highest BCUT2D eigenvalue weighted by Gasteiger charge is 2.24. The molecule has 0 fully saturated rings. The van der Waals surface area contributed by atoms with Gasteiger partial charge in [-0.1, -0.05) is 36.4 Å². The van der Waals surface area contributed by atoms with Crippen molar-refractivity contribution in [3.05, 3.63) is 89.6 Å². The molecule has 0 radical (unpaired) electrons. The average Bonchev–Trinajstić information content (AvgIpc) is 3.20. The minimum Gasteiger partial charge on any atom is -0.459 e. The first-order valence-corrected chi connectivity index (χ1v) is 8.48. The Kier molecular flexibility index (Phi) is 5.66. The second-order valence-corrected chi connectivity index (χ2v) is 6.17. The zero-order chi connectivity index (χ0) is 19.2. The second kappa shape index (κ2) is 8.31. The van der Waals surface area contributed by atoms with Crippen LogP contribution in [0.2, 0.25) is 0 Å². The Morgan fingerprint density at radius 2 is 1.85 bits per heavy atom. The molecule has 0 aliphatic carbocycles. The minimum atomic E-state index is -0.898. The van der Waals surface area contributed by atoms with Crippen LogP contribution in [0, 0.1) is 12.7 Å². The van der Waals surface area contributed by atoms with Crippen molar-refractivity contribution in [3.63, 3.8) is 0 Å². The molecule has 0 aliphatic heterocycles. The lowest BCUT2D eigenvalue weighted by Crippen LogP contribution is -2.45. The number of hydrogen-bond donors (Lipinski definition) is 2. The van der Waals surface area contributed by atoms with Crippen LogP contribution < -0.4 is 10.6 Å². The van der Waals surface area contributed by atoms with Crippen molar-refractivity contribution in [1.29, 1.82) is 0 Å². The summed E-state index contributed by atoms with van der Waals surface area (Å²) in [5.41, 5.74) is 1.75. The smallest absolute Gasteiger partial charge is 0.287 e. The molecule has 1 aromatic heterocycles. The van der Waals surface area contributed by atoms with Crippen LogP contribution in [0.5, 0.6) is 0 Å². The van der Waals surface area contributed by atoms with Crippen molar-refractivity contribution in [3.8, 4) is 0 Å². The minimum absolute atomic E-state index is 0.0744. The molecule has 0 saturated carbocycles. The standard InChI is InChI=1S/C21H19FN2O3/c1-14-9-10-16(22)17(12-14)23-20(25)18(13-15-6-3-2-4-7-15)24-21(26)19-8-5-11-27-19/h2-12,18H,13H2,1H3,(H,23,25)(H,24,26). The van der Waals surface area contributed by atoms with E-state index in [4.69, 9.17) is 4.42 Å². The lowest BCUT2D eigenvalue weighted by Gasteiger charge is -2.18. The highest BCUT2D eigenvalue weighted by Crippen LogP contribution is 2.16. The number of furan rings is 1. The normalized spacial score (nSPS) is 11.6. The Morgan fingerprint density at radius 3 is 2.56 bits per heavy atom. The van der Waals surface area contributed by atoms with E-state index in [9.17, 15) is 14.0 Å². The van der Waals surface area contributed by atoms with Gasteiger partial charge in [-0.15, -0.1) is 0 Å². The first-order valence-electron chi connectivity index (χ1n) is 8.48. The molecule has 2 amide bonds. The van der Waals surface area contributed by atoms with E-state index < -0.39 is 23.7 Å². The van der Waals surface area contributed by atoms with Crippen LogP contribution in [0.25, 0.3) is 0 Å². The third-order valence-electron chi connectivity index (χ3n) is 4.03. The van der Waals surface area contributed by atoms with Crippen molar-refractivity contribution in [2.75, 3.05) is 5.32 Å². The van der Waals surface area contributed by atoms with Gasteiger partial charge in [-0.05, 0) is 42.3 Å². The molecule has 1 atom stereocenters. The van der Waals surface area contributed by atoms with Gasteiger partial charge < -0.3 is 15.1 Å². The summed E-state index contributed by atoms with van der Waals surface area (Å²) in [6.45, 7) is 1.80. The number of carbonyl (C=O) groups is 2. The Morgan fingerprint density at radius 1 is 1.07 bits per heavy atom. The van der Waals surface area contributed by atoms with Gasteiger partial charge in [0.2, 0.25) is 5.91 Å². The summed E-state index contributed by atoms with van der Waals surface area (Å²) >= 11 is 0. The molecule has 5 nitrogen and oxygen atoms in total. The van der Waals surface area contributed by atoms with Crippen molar-refractivity contribution in [1.82, 2.24) is 5.32 Å². The van der Waals surface area contributed by atoms with Crippen LogP contribution >= 0.6 is 0 Å². The molecule has 1 heterocycles.